The molecule has 0 bridgehead atoms. The molecule has 0 spiro atoms. The zero-order chi connectivity index (χ0) is 71.6. The Bertz CT molecular complexity index is 1890. The lowest BCUT2D eigenvalue weighted by Crippen LogP contribution is -2.30. The van der Waals surface area contributed by atoms with E-state index in [4.69, 9.17) is 37.0 Å². The zero-order valence-corrected chi connectivity index (χ0v) is 65.3. The maximum absolute atomic E-state index is 13.1. The molecular weight excluding hydrogens is 1270 g/mol. The summed E-state index contributed by atoms with van der Waals surface area (Å²) in [5, 5.41) is 10.6. The molecule has 0 aromatic rings. The van der Waals surface area contributed by atoms with Gasteiger partial charge in [0.1, 0.15) is 19.3 Å². The summed E-state index contributed by atoms with van der Waals surface area (Å²) in [6.45, 7) is 11.9. The predicted octanol–water partition coefficient (Wildman–Crippen LogP) is 23.0. The molecule has 0 rings (SSSR count). The van der Waals surface area contributed by atoms with Crippen molar-refractivity contribution in [2.75, 3.05) is 39.6 Å². The first-order chi connectivity index (χ1) is 46.8. The van der Waals surface area contributed by atoms with Crippen LogP contribution in [0.15, 0.2) is 0 Å². The van der Waals surface area contributed by atoms with Crippen molar-refractivity contribution in [1.29, 1.82) is 0 Å². The maximum atomic E-state index is 13.1. The average Bonchev–Trinajstić information content (AvgIpc) is 1.26. The van der Waals surface area contributed by atoms with Gasteiger partial charge in [-0.2, -0.15) is 0 Å². The summed E-state index contributed by atoms with van der Waals surface area (Å²) in [6, 6.07) is 0. The lowest BCUT2D eigenvalue weighted by molar-refractivity contribution is -0.161. The minimum Gasteiger partial charge on any atom is -0.462 e. The van der Waals surface area contributed by atoms with Gasteiger partial charge in [0.2, 0.25) is 0 Å². The Morgan fingerprint density at radius 3 is 0.784 bits per heavy atom. The highest BCUT2D eigenvalue weighted by atomic mass is 31.2. The normalized spacial score (nSPS) is 14.3. The van der Waals surface area contributed by atoms with Crippen molar-refractivity contribution < 1.29 is 80.2 Å². The second-order valence-electron chi connectivity index (χ2n) is 29.3. The highest BCUT2D eigenvalue weighted by Crippen LogP contribution is 2.45. The van der Waals surface area contributed by atoms with Gasteiger partial charge in [0.05, 0.1) is 26.4 Å². The smallest absolute Gasteiger partial charge is 0.462 e. The van der Waals surface area contributed by atoms with Crippen molar-refractivity contribution in [3.8, 4) is 0 Å². The van der Waals surface area contributed by atoms with Gasteiger partial charge in [-0.3, -0.25) is 37.3 Å². The number of carbonyl (C=O) groups is 4. The Morgan fingerprint density at radius 1 is 0.299 bits per heavy atom. The molecule has 0 saturated heterocycles. The summed E-state index contributed by atoms with van der Waals surface area (Å²) < 4.78 is 68.6. The minimum atomic E-state index is -4.96. The molecule has 0 aliphatic rings. The zero-order valence-electron chi connectivity index (χ0n) is 63.5. The predicted molar refractivity (Wildman–Crippen MR) is 395 cm³/mol. The van der Waals surface area contributed by atoms with E-state index in [1.165, 1.54) is 212 Å². The molecule has 576 valence electrons. The van der Waals surface area contributed by atoms with Crippen molar-refractivity contribution in [3.05, 3.63) is 0 Å². The van der Waals surface area contributed by atoms with Gasteiger partial charge < -0.3 is 33.8 Å². The Morgan fingerprint density at radius 2 is 0.526 bits per heavy atom. The highest BCUT2D eigenvalue weighted by Gasteiger charge is 2.30. The van der Waals surface area contributed by atoms with E-state index in [0.29, 0.717) is 25.7 Å². The number of carbonyl (C=O) groups excluding carboxylic acids is 4. The first kappa shape index (κ1) is 95.1. The number of aliphatic hydroxyl groups excluding tert-OH is 1. The molecule has 0 heterocycles. The van der Waals surface area contributed by atoms with Gasteiger partial charge in [-0.1, -0.05) is 350 Å². The van der Waals surface area contributed by atoms with Gasteiger partial charge >= 0.3 is 39.5 Å². The van der Waals surface area contributed by atoms with Crippen LogP contribution in [0.3, 0.4) is 0 Å². The lowest BCUT2D eigenvalue weighted by atomic mass is 9.99. The first-order valence-electron chi connectivity index (χ1n) is 40.4. The summed E-state index contributed by atoms with van der Waals surface area (Å²) in [7, 11) is -9.92. The summed E-state index contributed by atoms with van der Waals surface area (Å²) in [5.74, 6) is 0.201. The Balaban J connectivity index is 5.27. The number of unbranched alkanes of at least 4 members (excludes halogenated alkanes) is 43. The average molecular weight is 1420 g/mol. The Kier molecular flexibility index (Phi) is 67.1. The highest BCUT2D eigenvalue weighted by molar-refractivity contribution is 7.47. The van der Waals surface area contributed by atoms with E-state index in [9.17, 15) is 43.2 Å². The number of aliphatic hydroxyl groups is 1. The van der Waals surface area contributed by atoms with Gasteiger partial charge in [-0.25, -0.2) is 9.13 Å². The molecule has 97 heavy (non-hydrogen) atoms. The molecule has 0 fully saturated rings. The van der Waals surface area contributed by atoms with Gasteiger partial charge in [0, 0.05) is 25.7 Å². The summed E-state index contributed by atoms with van der Waals surface area (Å²) in [5.41, 5.74) is 0. The van der Waals surface area contributed by atoms with E-state index in [1.807, 2.05) is 0 Å². The van der Waals surface area contributed by atoms with Gasteiger partial charge in [0.25, 0.3) is 0 Å². The molecule has 0 saturated carbocycles. The Hall–Kier alpha value is -1.94. The number of hydrogen-bond donors (Lipinski definition) is 3. The number of rotatable bonds is 76. The van der Waals surface area contributed by atoms with E-state index in [2.05, 4.69) is 48.5 Å². The SMILES string of the molecule is CCCCCCCCCCCCCCCCCCC(=O)OC[C@H](COP(=O)(O)OC[C@@H](O)COP(=O)(O)OC[C@@H](COC(=O)CCCCCCCCCCC(C)C)OC(=O)CCCCCCCCCCCCC(C)CC)OC(=O)CCCCCCCCCCCCCCCC(C)C. The van der Waals surface area contributed by atoms with Crippen molar-refractivity contribution in [3.63, 3.8) is 0 Å². The second-order valence-corrected chi connectivity index (χ2v) is 32.2. The van der Waals surface area contributed by atoms with E-state index in [0.717, 1.165) is 108 Å². The Labute approximate surface area is 594 Å². The topological polar surface area (TPSA) is 237 Å². The number of hydrogen-bond acceptors (Lipinski definition) is 15. The van der Waals surface area contributed by atoms with Gasteiger partial charge in [0.15, 0.2) is 12.2 Å². The van der Waals surface area contributed by atoms with E-state index < -0.39 is 97.5 Å². The molecule has 0 aromatic carbocycles. The standard InChI is InChI=1S/C78H152O17P2/c1-8-10-11-12-13-14-15-16-17-18-21-24-30-38-45-52-59-75(80)88-65-73(94-77(82)61-54-47-40-31-25-22-19-20-23-28-35-42-49-56-69(3)4)67-92-96(84,85)90-63-72(79)64-91-97(86,87)93-68-74(66-89-76(81)60-53-46-39-34-33-36-43-50-57-70(5)6)95-78(83)62-55-48-41-32-27-26-29-37-44-51-58-71(7)9-2/h69-74,79H,8-68H2,1-7H3,(H,84,85)(H,86,87)/t71?,72-,73-,74-/m1/s1. The molecule has 6 atom stereocenters. The van der Waals surface area contributed by atoms with Crippen molar-refractivity contribution >= 4 is 39.5 Å². The fourth-order valence-electron chi connectivity index (χ4n) is 11.9. The number of ether oxygens (including phenoxy) is 4. The lowest BCUT2D eigenvalue weighted by Gasteiger charge is -2.21. The molecule has 0 aromatic heterocycles. The second kappa shape index (κ2) is 68.5. The monoisotopic (exact) mass is 1420 g/mol. The van der Waals surface area contributed by atoms with E-state index in [1.54, 1.807) is 0 Å². The molecule has 17 nitrogen and oxygen atoms in total. The van der Waals surface area contributed by atoms with Crippen LogP contribution in [-0.2, 0) is 65.4 Å². The molecule has 3 unspecified atom stereocenters. The van der Waals surface area contributed by atoms with Gasteiger partial charge in [-0.15, -0.1) is 0 Å². The minimum absolute atomic E-state index is 0.106. The number of phosphoric ester groups is 2. The fraction of sp³-hybridized carbons (Fsp3) is 0.949. The van der Waals surface area contributed by atoms with E-state index in [-0.39, 0.29) is 25.7 Å². The van der Waals surface area contributed by atoms with E-state index >= 15 is 0 Å². The molecule has 3 N–H and O–H groups in total. The van der Waals surface area contributed by atoms with Crippen LogP contribution in [0.4, 0.5) is 0 Å². The largest absolute Gasteiger partial charge is 0.472 e. The summed E-state index contributed by atoms with van der Waals surface area (Å²) in [4.78, 5) is 72.9. The quantitative estimate of drug-likeness (QED) is 0.0222. The summed E-state index contributed by atoms with van der Waals surface area (Å²) in [6.07, 6.45) is 55.4. The van der Waals surface area contributed by atoms with Crippen molar-refractivity contribution in [2.24, 2.45) is 17.8 Å². The van der Waals surface area contributed by atoms with Crippen LogP contribution >= 0.6 is 15.6 Å². The van der Waals surface area contributed by atoms with Crippen LogP contribution in [0.25, 0.3) is 0 Å². The molecule has 0 aliphatic carbocycles. The maximum Gasteiger partial charge on any atom is 0.472 e. The van der Waals surface area contributed by atoms with Crippen LogP contribution in [0.1, 0.15) is 402 Å². The van der Waals surface area contributed by atoms with Crippen LogP contribution in [0.2, 0.25) is 0 Å². The molecule has 0 radical (unpaired) electrons. The van der Waals surface area contributed by atoms with Crippen LogP contribution < -0.4 is 0 Å². The van der Waals surface area contributed by atoms with Crippen LogP contribution in [0, 0.1) is 17.8 Å². The number of phosphoric acid groups is 2. The number of esters is 4. The molecule has 0 amide bonds. The van der Waals surface area contributed by atoms with Crippen molar-refractivity contribution in [1.82, 2.24) is 0 Å². The van der Waals surface area contributed by atoms with Gasteiger partial charge in [-0.05, 0) is 43.4 Å². The molecule has 19 heteroatoms. The summed E-state index contributed by atoms with van der Waals surface area (Å²) >= 11 is 0. The molecule has 0 aliphatic heterocycles. The third-order valence-corrected chi connectivity index (χ3v) is 20.4. The first-order valence-corrected chi connectivity index (χ1v) is 43.4. The third kappa shape index (κ3) is 70.9. The molecular formula is C78H152O17P2. The van der Waals surface area contributed by atoms with Crippen LogP contribution in [0.5, 0.6) is 0 Å². The van der Waals surface area contributed by atoms with Crippen LogP contribution in [-0.4, -0.2) is 96.7 Å². The van der Waals surface area contributed by atoms with Crippen molar-refractivity contribution in [2.45, 2.75) is 420 Å². The fourth-order valence-corrected chi connectivity index (χ4v) is 13.5. The third-order valence-electron chi connectivity index (χ3n) is 18.5.